The fraction of sp³-hybridized carbons (Fsp3) is 0.143. The highest BCUT2D eigenvalue weighted by Crippen LogP contribution is 2.36. The van der Waals surface area contributed by atoms with E-state index in [-0.39, 0.29) is 15.1 Å². The van der Waals surface area contributed by atoms with E-state index in [1.54, 1.807) is 6.92 Å². The van der Waals surface area contributed by atoms with Gasteiger partial charge in [-0.2, -0.15) is 0 Å². The summed E-state index contributed by atoms with van der Waals surface area (Å²) in [6.07, 6.45) is 0. The van der Waals surface area contributed by atoms with Gasteiger partial charge in [0.05, 0.1) is 26.8 Å². The maximum Gasteiger partial charge on any atom is 0.142 e. The minimum absolute atomic E-state index is 0.0613. The molecule has 2 aromatic rings. The molecule has 0 radical (unpaired) electrons. The maximum absolute atomic E-state index is 13.5. The number of hydrogen-bond acceptors (Lipinski definition) is 1. The molecule has 112 valence electrons. The summed E-state index contributed by atoms with van der Waals surface area (Å²) in [4.78, 5) is 0. The summed E-state index contributed by atoms with van der Waals surface area (Å²) in [5.41, 5.74) is 0.827. The Hall–Kier alpha value is -0.740. The van der Waals surface area contributed by atoms with E-state index in [9.17, 15) is 8.78 Å². The lowest BCUT2D eigenvalue weighted by Crippen LogP contribution is -2.09. The van der Waals surface area contributed by atoms with Crippen LogP contribution in [-0.2, 0) is 0 Å². The topological polar surface area (TPSA) is 12.0 Å². The minimum atomic E-state index is -0.582. The van der Waals surface area contributed by atoms with Crippen molar-refractivity contribution in [2.24, 2.45) is 0 Å². The van der Waals surface area contributed by atoms with Crippen LogP contribution in [0.3, 0.4) is 0 Å². The summed E-state index contributed by atoms with van der Waals surface area (Å²) in [7, 11) is 0. The SMILES string of the molecule is CC(Nc1c(Cl)cc(F)cc1Cl)c1cc(F)c(Cl)cc1Cl. The fourth-order valence-corrected chi connectivity index (χ4v) is 2.96. The van der Waals surface area contributed by atoms with Crippen LogP contribution in [0.25, 0.3) is 0 Å². The Bertz CT molecular complexity index is 668. The molecule has 0 bridgehead atoms. The second-order valence-corrected chi connectivity index (χ2v) is 6.03. The molecule has 0 aliphatic rings. The molecule has 2 rings (SSSR count). The summed E-state index contributed by atoms with van der Waals surface area (Å²) >= 11 is 23.6. The molecule has 0 aliphatic heterocycles. The first-order chi connectivity index (χ1) is 9.79. The molecule has 0 amide bonds. The van der Waals surface area contributed by atoms with Crippen LogP contribution in [0, 0.1) is 11.6 Å². The highest BCUT2D eigenvalue weighted by atomic mass is 35.5. The Morgan fingerprint density at radius 2 is 1.43 bits per heavy atom. The standard InChI is InChI=1S/C14H9Cl4F2N/c1-6(8-4-13(20)10(16)5-9(8)15)21-14-11(17)2-7(19)3-12(14)18/h2-6,21H,1H3. The Balaban J connectivity index is 2.35. The predicted octanol–water partition coefficient (Wildman–Crippen LogP) is 6.75. The fourth-order valence-electron chi connectivity index (χ4n) is 1.84. The summed E-state index contributed by atoms with van der Waals surface area (Å²) in [5, 5.41) is 3.47. The zero-order chi connectivity index (χ0) is 15.7. The van der Waals surface area contributed by atoms with Gasteiger partial charge in [-0.1, -0.05) is 46.4 Å². The predicted molar refractivity (Wildman–Crippen MR) is 84.9 cm³/mol. The molecule has 0 fully saturated rings. The Labute approximate surface area is 140 Å². The molecule has 1 atom stereocenters. The number of halogens is 6. The lowest BCUT2D eigenvalue weighted by molar-refractivity contribution is 0.624. The first-order valence-corrected chi connectivity index (χ1v) is 7.36. The van der Waals surface area contributed by atoms with Crippen molar-refractivity contribution in [3.8, 4) is 0 Å². The molecule has 2 aromatic carbocycles. The van der Waals surface area contributed by atoms with E-state index in [4.69, 9.17) is 46.4 Å². The molecule has 0 aliphatic carbocycles. The van der Waals surface area contributed by atoms with Crippen LogP contribution in [0.5, 0.6) is 0 Å². The first-order valence-electron chi connectivity index (χ1n) is 5.85. The van der Waals surface area contributed by atoms with Gasteiger partial charge in [-0.3, -0.25) is 0 Å². The van der Waals surface area contributed by atoms with Crippen molar-refractivity contribution in [2.75, 3.05) is 5.32 Å². The third-order valence-electron chi connectivity index (χ3n) is 2.87. The van der Waals surface area contributed by atoms with E-state index in [1.807, 2.05) is 0 Å². The maximum atomic E-state index is 13.5. The van der Waals surface area contributed by atoms with Crippen molar-refractivity contribution >= 4 is 52.1 Å². The molecule has 21 heavy (non-hydrogen) atoms. The zero-order valence-electron chi connectivity index (χ0n) is 10.7. The molecule has 1 nitrogen and oxygen atoms in total. The van der Waals surface area contributed by atoms with E-state index in [0.29, 0.717) is 16.3 Å². The normalized spacial score (nSPS) is 12.3. The summed E-state index contributed by atoms with van der Waals surface area (Å²) in [5.74, 6) is -1.13. The van der Waals surface area contributed by atoms with Gasteiger partial charge in [0, 0.05) is 5.02 Å². The molecule has 1 N–H and O–H groups in total. The van der Waals surface area contributed by atoms with Gasteiger partial charge in [0.15, 0.2) is 0 Å². The van der Waals surface area contributed by atoms with Crippen molar-refractivity contribution in [2.45, 2.75) is 13.0 Å². The average Bonchev–Trinajstić information content (AvgIpc) is 2.37. The minimum Gasteiger partial charge on any atom is -0.376 e. The molecule has 0 heterocycles. The van der Waals surface area contributed by atoms with Crippen molar-refractivity contribution < 1.29 is 8.78 Å². The zero-order valence-corrected chi connectivity index (χ0v) is 13.7. The highest BCUT2D eigenvalue weighted by molar-refractivity contribution is 6.39. The first kappa shape index (κ1) is 16.6. The van der Waals surface area contributed by atoms with Crippen LogP contribution in [0.1, 0.15) is 18.5 Å². The Kier molecular flexibility index (Phi) is 5.20. The van der Waals surface area contributed by atoms with Gasteiger partial charge in [-0.25, -0.2) is 8.78 Å². The third kappa shape index (κ3) is 3.72. The lowest BCUT2D eigenvalue weighted by atomic mass is 10.1. The number of anilines is 1. The second kappa shape index (κ2) is 6.57. The van der Waals surface area contributed by atoms with Gasteiger partial charge < -0.3 is 5.32 Å². The molecule has 7 heteroatoms. The highest BCUT2D eigenvalue weighted by Gasteiger charge is 2.16. The largest absolute Gasteiger partial charge is 0.376 e. The van der Waals surface area contributed by atoms with Crippen LogP contribution in [0.2, 0.25) is 20.1 Å². The van der Waals surface area contributed by atoms with Gasteiger partial charge in [0.2, 0.25) is 0 Å². The van der Waals surface area contributed by atoms with Crippen LogP contribution < -0.4 is 5.32 Å². The van der Waals surface area contributed by atoms with Crippen molar-refractivity contribution in [1.82, 2.24) is 0 Å². The van der Waals surface area contributed by atoms with Crippen LogP contribution >= 0.6 is 46.4 Å². The van der Waals surface area contributed by atoms with E-state index < -0.39 is 17.7 Å². The Morgan fingerprint density at radius 1 is 0.857 bits per heavy atom. The van der Waals surface area contributed by atoms with Gasteiger partial charge in [-0.05, 0) is 36.8 Å². The number of benzene rings is 2. The van der Waals surface area contributed by atoms with Crippen molar-refractivity contribution in [3.05, 3.63) is 61.6 Å². The quantitative estimate of drug-likeness (QED) is 0.589. The summed E-state index contributed by atoms with van der Waals surface area (Å²) in [6.45, 7) is 1.74. The van der Waals surface area contributed by atoms with Crippen molar-refractivity contribution in [1.29, 1.82) is 0 Å². The van der Waals surface area contributed by atoms with Gasteiger partial charge in [-0.15, -0.1) is 0 Å². The van der Waals surface area contributed by atoms with Gasteiger partial charge in [0.1, 0.15) is 11.6 Å². The molecular formula is C14H9Cl4F2N. The van der Waals surface area contributed by atoms with Gasteiger partial charge >= 0.3 is 0 Å². The summed E-state index contributed by atoms with van der Waals surface area (Å²) < 4.78 is 26.7. The van der Waals surface area contributed by atoms with E-state index in [2.05, 4.69) is 5.32 Å². The number of rotatable bonds is 3. The molecule has 0 saturated carbocycles. The molecule has 1 unspecified atom stereocenters. The smallest absolute Gasteiger partial charge is 0.142 e. The van der Waals surface area contributed by atoms with Crippen LogP contribution in [0.4, 0.5) is 14.5 Å². The van der Waals surface area contributed by atoms with E-state index in [1.165, 1.54) is 12.1 Å². The number of nitrogens with one attached hydrogen (secondary N) is 1. The second-order valence-electron chi connectivity index (χ2n) is 4.40. The monoisotopic (exact) mass is 369 g/mol. The van der Waals surface area contributed by atoms with Crippen LogP contribution in [-0.4, -0.2) is 0 Å². The molecular weight excluding hydrogens is 362 g/mol. The average molecular weight is 371 g/mol. The lowest BCUT2D eigenvalue weighted by Gasteiger charge is -2.19. The van der Waals surface area contributed by atoms with E-state index in [0.717, 1.165) is 12.1 Å². The van der Waals surface area contributed by atoms with Crippen LogP contribution in [0.15, 0.2) is 24.3 Å². The third-order valence-corrected chi connectivity index (χ3v) is 4.09. The molecule has 0 spiro atoms. The number of hydrogen-bond donors (Lipinski definition) is 1. The van der Waals surface area contributed by atoms with Crippen molar-refractivity contribution in [3.63, 3.8) is 0 Å². The Morgan fingerprint density at radius 3 is 2.00 bits per heavy atom. The summed E-state index contributed by atoms with van der Waals surface area (Å²) in [6, 6.07) is 4.40. The van der Waals surface area contributed by atoms with E-state index >= 15 is 0 Å². The van der Waals surface area contributed by atoms with Gasteiger partial charge in [0.25, 0.3) is 0 Å². The molecule has 0 saturated heterocycles. The molecule has 0 aromatic heterocycles.